The van der Waals surface area contributed by atoms with Gasteiger partial charge < -0.3 is 10.1 Å². The van der Waals surface area contributed by atoms with Gasteiger partial charge in [0, 0.05) is 5.69 Å². The first-order chi connectivity index (χ1) is 9.91. The minimum atomic E-state index is -0.496. The van der Waals surface area contributed by atoms with Crippen molar-refractivity contribution in [2.75, 3.05) is 12.4 Å². The normalized spacial score (nSPS) is 11.0. The summed E-state index contributed by atoms with van der Waals surface area (Å²) in [7, 11) is 1.32. The second kappa shape index (κ2) is 5.91. The Labute approximate surface area is 124 Å². The predicted molar refractivity (Wildman–Crippen MR) is 81.8 cm³/mol. The fraction of sp³-hybridized carbons (Fsp3) is 0.312. The van der Waals surface area contributed by atoms with E-state index in [0.717, 1.165) is 5.69 Å². The van der Waals surface area contributed by atoms with Crippen molar-refractivity contribution in [3.63, 3.8) is 0 Å². The van der Waals surface area contributed by atoms with E-state index in [1.165, 1.54) is 25.1 Å². The Morgan fingerprint density at radius 2 is 1.86 bits per heavy atom. The van der Waals surface area contributed by atoms with Crippen LogP contribution in [0.2, 0.25) is 0 Å². The number of carbonyl (C=O) groups is 1. The molecule has 110 valence electrons. The lowest BCUT2D eigenvalue weighted by Crippen LogP contribution is -2.14. The largest absolute Gasteiger partial charge is 0.464 e. The Kier molecular flexibility index (Phi) is 4.21. The maximum absolute atomic E-state index is 11.3. The third-order valence-corrected chi connectivity index (χ3v) is 3.04. The number of methoxy groups -OCH3 is 1. The molecule has 5 nitrogen and oxygen atoms in total. The zero-order valence-corrected chi connectivity index (χ0v) is 12.7. The van der Waals surface area contributed by atoms with Crippen LogP contribution in [0.15, 0.2) is 36.7 Å². The number of esters is 1. The molecule has 0 aliphatic carbocycles. The lowest BCUT2D eigenvalue weighted by atomic mass is 9.86. The summed E-state index contributed by atoms with van der Waals surface area (Å²) in [6.45, 7) is 6.46. The Balaban J connectivity index is 2.25. The fourth-order valence-corrected chi connectivity index (χ4v) is 1.99. The molecule has 2 aromatic rings. The maximum atomic E-state index is 11.3. The van der Waals surface area contributed by atoms with Crippen molar-refractivity contribution in [2.24, 2.45) is 0 Å². The summed E-state index contributed by atoms with van der Waals surface area (Å²) >= 11 is 0. The molecule has 0 spiro atoms. The second-order valence-corrected chi connectivity index (χ2v) is 5.70. The average Bonchev–Trinajstić information content (AvgIpc) is 2.47. The zero-order valence-electron chi connectivity index (χ0n) is 12.7. The molecular formula is C16H19N3O2. The summed E-state index contributed by atoms with van der Waals surface area (Å²) in [5, 5.41) is 3.24. The van der Waals surface area contributed by atoms with Gasteiger partial charge in [0.15, 0.2) is 5.69 Å². The van der Waals surface area contributed by atoms with Gasteiger partial charge in [-0.2, -0.15) is 0 Å². The highest BCUT2D eigenvalue weighted by atomic mass is 16.5. The van der Waals surface area contributed by atoms with Gasteiger partial charge in [0.05, 0.1) is 19.5 Å². The Bertz CT molecular complexity index is 631. The number of hydrogen-bond donors (Lipinski definition) is 1. The maximum Gasteiger partial charge on any atom is 0.358 e. The zero-order chi connectivity index (χ0) is 15.5. The fourth-order valence-electron chi connectivity index (χ4n) is 1.99. The van der Waals surface area contributed by atoms with E-state index < -0.39 is 5.97 Å². The van der Waals surface area contributed by atoms with E-state index in [1.807, 2.05) is 18.2 Å². The third-order valence-electron chi connectivity index (χ3n) is 3.04. The van der Waals surface area contributed by atoms with E-state index in [9.17, 15) is 4.79 Å². The molecular weight excluding hydrogens is 266 g/mol. The molecule has 0 bridgehead atoms. The summed E-state index contributed by atoms with van der Waals surface area (Å²) in [5.41, 5.74) is 2.37. The molecule has 0 amide bonds. The Hall–Kier alpha value is -2.43. The van der Waals surface area contributed by atoms with Gasteiger partial charge in [-0.25, -0.2) is 14.8 Å². The number of hydrogen-bond acceptors (Lipinski definition) is 5. The number of rotatable bonds is 3. The van der Waals surface area contributed by atoms with E-state index in [2.05, 4.69) is 46.9 Å². The van der Waals surface area contributed by atoms with Gasteiger partial charge >= 0.3 is 5.97 Å². The molecule has 0 fully saturated rings. The standard InChI is InChI=1S/C16H19N3O2/c1-16(2,3)11-7-5-6-8-12(11)19-14-10-17-13(9-18-14)15(20)21-4/h5-10H,1-4H3,(H,18,19). The number of para-hydroxylation sites is 1. The highest BCUT2D eigenvalue weighted by Gasteiger charge is 2.17. The number of anilines is 2. The number of ether oxygens (including phenoxy) is 1. The lowest BCUT2D eigenvalue weighted by molar-refractivity contribution is 0.0593. The number of aromatic nitrogens is 2. The molecule has 0 aliphatic heterocycles. The van der Waals surface area contributed by atoms with Crippen molar-refractivity contribution in [3.8, 4) is 0 Å². The van der Waals surface area contributed by atoms with Crippen LogP contribution in [0.4, 0.5) is 11.5 Å². The molecule has 1 aromatic carbocycles. The van der Waals surface area contributed by atoms with E-state index in [4.69, 9.17) is 0 Å². The van der Waals surface area contributed by atoms with Crippen LogP contribution in [-0.2, 0) is 10.2 Å². The smallest absolute Gasteiger partial charge is 0.358 e. The van der Waals surface area contributed by atoms with Crippen molar-refractivity contribution in [2.45, 2.75) is 26.2 Å². The molecule has 5 heteroatoms. The SMILES string of the molecule is COC(=O)c1cnc(Nc2ccccc2C(C)(C)C)cn1. The van der Waals surface area contributed by atoms with Crippen LogP contribution in [0.3, 0.4) is 0 Å². The van der Waals surface area contributed by atoms with Crippen LogP contribution < -0.4 is 5.32 Å². The highest BCUT2D eigenvalue weighted by Crippen LogP contribution is 2.30. The minimum Gasteiger partial charge on any atom is -0.464 e. The lowest BCUT2D eigenvalue weighted by Gasteiger charge is -2.23. The molecule has 0 unspecified atom stereocenters. The van der Waals surface area contributed by atoms with Crippen molar-refractivity contribution in [1.29, 1.82) is 0 Å². The van der Waals surface area contributed by atoms with Crippen LogP contribution in [-0.4, -0.2) is 23.0 Å². The van der Waals surface area contributed by atoms with Gasteiger partial charge in [-0.15, -0.1) is 0 Å². The van der Waals surface area contributed by atoms with Crippen LogP contribution in [0.1, 0.15) is 36.8 Å². The molecule has 0 radical (unpaired) electrons. The first-order valence-corrected chi connectivity index (χ1v) is 6.68. The van der Waals surface area contributed by atoms with E-state index in [0.29, 0.717) is 5.82 Å². The van der Waals surface area contributed by atoms with Crippen LogP contribution >= 0.6 is 0 Å². The highest BCUT2D eigenvalue weighted by molar-refractivity contribution is 5.86. The quantitative estimate of drug-likeness (QED) is 0.876. The van der Waals surface area contributed by atoms with Crippen LogP contribution in [0.5, 0.6) is 0 Å². The number of carbonyl (C=O) groups excluding carboxylic acids is 1. The summed E-state index contributed by atoms with van der Waals surface area (Å²) in [6.07, 6.45) is 2.92. The van der Waals surface area contributed by atoms with Gasteiger partial charge in [-0.3, -0.25) is 0 Å². The molecule has 1 aromatic heterocycles. The van der Waals surface area contributed by atoms with Crippen molar-refractivity contribution < 1.29 is 9.53 Å². The summed E-state index contributed by atoms with van der Waals surface area (Å²) < 4.78 is 4.60. The topological polar surface area (TPSA) is 64.1 Å². The van der Waals surface area contributed by atoms with Crippen molar-refractivity contribution in [1.82, 2.24) is 9.97 Å². The Morgan fingerprint density at radius 3 is 2.43 bits per heavy atom. The van der Waals surface area contributed by atoms with Crippen LogP contribution in [0.25, 0.3) is 0 Å². The van der Waals surface area contributed by atoms with Gasteiger partial charge in [-0.05, 0) is 17.0 Å². The van der Waals surface area contributed by atoms with Gasteiger partial charge in [0.1, 0.15) is 5.82 Å². The van der Waals surface area contributed by atoms with Crippen LogP contribution in [0, 0.1) is 0 Å². The molecule has 21 heavy (non-hydrogen) atoms. The minimum absolute atomic E-state index is 0.0168. The van der Waals surface area contributed by atoms with E-state index >= 15 is 0 Å². The predicted octanol–water partition coefficient (Wildman–Crippen LogP) is 3.30. The Morgan fingerprint density at radius 1 is 1.14 bits per heavy atom. The second-order valence-electron chi connectivity index (χ2n) is 5.70. The molecule has 0 saturated carbocycles. The summed E-state index contributed by atoms with van der Waals surface area (Å²) in [6, 6.07) is 8.06. The number of nitrogens with zero attached hydrogens (tertiary/aromatic N) is 2. The molecule has 1 N–H and O–H groups in total. The van der Waals surface area contributed by atoms with E-state index in [-0.39, 0.29) is 11.1 Å². The van der Waals surface area contributed by atoms with Crippen molar-refractivity contribution >= 4 is 17.5 Å². The van der Waals surface area contributed by atoms with Gasteiger partial charge in [0.2, 0.25) is 0 Å². The molecule has 2 rings (SSSR count). The molecule has 0 saturated heterocycles. The monoisotopic (exact) mass is 285 g/mol. The summed E-state index contributed by atoms with van der Waals surface area (Å²) in [5.74, 6) is 0.0866. The molecule has 1 heterocycles. The first kappa shape index (κ1) is 15.0. The van der Waals surface area contributed by atoms with Gasteiger partial charge in [-0.1, -0.05) is 39.0 Å². The van der Waals surface area contributed by atoms with Crippen molar-refractivity contribution in [3.05, 3.63) is 47.9 Å². The third kappa shape index (κ3) is 3.56. The average molecular weight is 285 g/mol. The first-order valence-electron chi connectivity index (χ1n) is 6.68. The van der Waals surface area contributed by atoms with E-state index in [1.54, 1.807) is 0 Å². The molecule has 0 atom stereocenters. The van der Waals surface area contributed by atoms with Gasteiger partial charge in [0.25, 0.3) is 0 Å². The number of benzene rings is 1. The molecule has 0 aliphatic rings. The number of nitrogens with one attached hydrogen (secondary N) is 1. The summed E-state index contributed by atoms with van der Waals surface area (Å²) in [4.78, 5) is 19.6.